The van der Waals surface area contributed by atoms with Crippen LogP contribution in [0.4, 0.5) is 17.1 Å². The van der Waals surface area contributed by atoms with Gasteiger partial charge in [0.05, 0.1) is 17.5 Å². The average Bonchev–Trinajstić information content (AvgIpc) is 3.33. The van der Waals surface area contributed by atoms with E-state index in [1.807, 2.05) is 79.7 Å². The standard InChI is InChI=1S/C32H29N3O3/c1-21-10-12-22(13-11-21)27-6-2-3-7-28(27)31(37)33-24-16-14-23(15-17-24)32(38)35-19-25-18-26(36)20-34(25)29-8-4-5-9-30(29)35/h2-17,25-26,36H,18-20H2,1H3,(H,33,37)/t25-,26+/m1/s1. The Morgan fingerprint density at radius 2 is 1.50 bits per heavy atom. The van der Waals surface area contributed by atoms with Crippen LogP contribution in [-0.4, -0.2) is 42.2 Å². The minimum Gasteiger partial charge on any atom is -0.391 e. The highest BCUT2D eigenvalue weighted by atomic mass is 16.3. The minimum atomic E-state index is -0.387. The van der Waals surface area contributed by atoms with Crippen molar-refractivity contribution < 1.29 is 14.7 Å². The molecule has 38 heavy (non-hydrogen) atoms. The van der Waals surface area contributed by atoms with Crippen molar-refractivity contribution in [3.05, 3.63) is 114 Å². The van der Waals surface area contributed by atoms with Gasteiger partial charge in [-0.2, -0.15) is 0 Å². The summed E-state index contributed by atoms with van der Waals surface area (Å²) in [6.07, 6.45) is 0.259. The lowest BCUT2D eigenvalue weighted by Gasteiger charge is -2.40. The number of aryl methyl sites for hydroxylation is 1. The van der Waals surface area contributed by atoms with Crippen LogP contribution in [0, 0.1) is 6.92 Å². The topological polar surface area (TPSA) is 72.9 Å². The smallest absolute Gasteiger partial charge is 0.258 e. The maximum atomic E-state index is 13.6. The Bertz CT molecular complexity index is 1500. The van der Waals surface area contributed by atoms with Crippen molar-refractivity contribution >= 4 is 28.9 Å². The summed E-state index contributed by atoms with van der Waals surface area (Å²) in [6, 6.07) is 30.6. The van der Waals surface area contributed by atoms with E-state index >= 15 is 0 Å². The van der Waals surface area contributed by atoms with Gasteiger partial charge in [-0.1, -0.05) is 60.2 Å². The summed E-state index contributed by atoms with van der Waals surface area (Å²) in [7, 11) is 0. The van der Waals surface area contributed by atoms with E-state index in [2.05, 4.69) is 10.2 Å². The number of nitrogens with one attached hydrogen (secondary N) is 1. The van der Waals surface area contributed by atoms with Crippen LogP contribution in [-0.2, 0) is 0 Å². The number of nitrogens with zero attached hydrogens (tertiary/aromatic N) is 2. The Labute approximate surface area is 222 Å². The minimum absolute atomic E-state index is 0.0935. The third-order valence-corrected chi connectivity index (χ3v) is 7.44. The molecule has 6 heteroatoms. The third kappa shape index (κ3) is 4.44. The molecule has 2 atom stereocenters. The molecule has 0 unspecified atom stereocenters. The molecule has 4 aromatic rings. The Balaban J connectivity index is 1.21. The molecule has 1 fully saturated rings. The fraction of sp³-hybridized carbons (Fsp3) is 0.188. The van der Waals surface area contributed by atoms with Crippen molar-refractivity contribution in [2.75, 3.05) is 28.2 Å². The highest BCUT2D eigenvalue weighted by Gasteiger charge is 2.39. The first-order valence-electron chi connectivity index (χ1n) is 12.9. The quantitative estimate of drug-likeness (QED) is 0.385. The number of aliphatic hydroxyl groups is 1. The monoisotopic (exact) mass is 503 g/mol. The summed E-state index contributed by atoms with van der Waals surface area (Å²) in [5, 5.41) is 13.2. The number of carbonyl (C=O) groups excluding carboxylic acids is 2. The number of fused-ring (bicyclic) bond motifs is 3. The molecule has 2 N–H and O–H groups in total. The van der Waals surface area contributed by atoms with E-state index in [1.54, 1.807) is 29.2 Å². The molecule has 2 amide bonds. The number of hydrogen-bond acceptors (Lipinski definition) is 4. The number of anilines is 3. The first-order chi connectivity index (χ1) is 18.5. The summed E-state index contributed by atoms with van der Waals surface area (Å²) in [6.45, 7) is 3.15. The fourth-order valence-electron chi connectivity index (χ4n) is 5.51. The van der Waals surface area contributed by atoms with E-state index in [0.717, 1.165) is 28.1 Å². The van der Waals surface area contributed by atoms with E-state index in [4.69, 9.17) is 0 Å². The summed E-state index contributed by atoms with van der Waals surface area (Å²) < 4.78 is 0. The van der Waals surface area contributed by atoms with Gasteiger partial charge in [-0.3, -0.25) is 9.59 Å². The Kier molecular flexibility index (Phi) is 6.18. The van der Waals surface area contributed by atoms with Crippen LogP contribution < -0.4 is 15.1 Å². The first kappa shape index (κ1) is 23.9. The Morgan fingerprint density at radius 3 is 2.26 bits per heavy atom. The van der Waals surface area contributed by atoms with Gasteiger partial charge in [0.15, 0.2) is 0 Å². The predicted molar refractivity (Wildman–Crippen MR) is 151 cm³/mol. The lowest BCUT2D eigenvalue weighted by atomic mass is 9.98. The average molecular weight is 504 g/mol. The van der Waals surface area contributed by atoms with Gasteiger partial charge in [-0.15, -0.1) is 0 Å². The lowest BCUT2D eigenvalue weighted by Crippen LogP contribution is -2.48. The van der Waals surface area contributed by atoms with E-state index in [0.29, 0.717) is 36.3 Å². The van der Waals surface area contributed by atoms with E-state index in [9.17, 15) is 14.7 Å². The summed E-state index contributed by atoms with van der Waals surface area (Å²) in [5.74, 6) is -0.300. The molecule has 4 aromatic carbocycles. The maximum Gasteiger partial charge on any atom is 0.258 e. The zero-order chi connectivity index (χ0) is 26.2. The van der Waals surface area contributed by atoms with Gasteiger partial charge in [0.1, 0.15) is 0 Å². The van der Waals surface area contributed by atoms with Gasteiger partial charge in [-0.05, 0) is 66.9 Å². The molecule has 0 bridgehead atoms. The van der Waals surface area contributed by atoms with Crippen molar-refractivity contribution in [1.82, 2.24) is 0 Å². The van der Waals surface area contributed by atoms with E-state index in [1.165, 1.54) is 0 Å². The first-order valence-corrected chi connectivity index (χ1v) is 12.9. The third-order valence-electron chi connectivity index (χ3n) is 7.44. The summed E-state index contributed by atoms with van der Waals surface area (Å²) in [5.41, 5.74) is 6.60. The van der Waals surface area contributed by atoms with Crippen LogP contribution in [0.5, 0.6) is 0 Å². The molecule has 2 heterocycles. The molecule has 0 radical (unpaired) electrons. The zero-order valence-electron chi connectivity index (χ0n) is 21.2. The highest BCUT2D eigenvalue weighted by Crippen LogP contribution is 2.40. The number of amides is 2. The molecule has 6 rings (SSSR count). The van der Waals surface area contributed by atoms with Crippen LogP contribution in [0.15, 0.2) is 97.1 Å². The normalized spacial score (nSPS) is 18.1. The number of hydrogen-bond donors (Lipinski definition) is 2. The zero-order valence-corrected chi connectivity index (χ0v) is 21.2. The van der Waals surface area contributed by atoms with E-state index < -0.39 is 0 Å². The second kappa shape index (κ2) is 9.80. The van der Waals surface area contributed by atoms with Gasteiger partial charge in [-0.25, -0.2) is 0 Å². The number of carbonyl (C=O) groups is 2. The fourth-order valence-corrected chi connectivity index (χ4v) is 5.51. The van der Waals surface area contributed by atoms with Crippen molar-refractivity contribution in [3.8, 4) is 11.1 Å². The number of aliphatic hydroxyl groups excluding tert-OH is 1. The Morgan fingerprint density at radius 1 is 0.816 bits per heavy atom. The number of benzene rings is 4. The second-order valence-electron chi connectivity index (χ2n) is 10.0. The van der Waals surface area contributed by atoms with Gasteiger partial charge in [0.25, 0.3) is 11.8 Å². The number of rotatable bonds is 4. The SMILES string of the molecule is Cc1ccc(-c2ccccc2C(=O)Nc2ccc(C(=O)N3C[C@H]4C[C@H](O)CN4c4ccccc43)cc2)cc1. The van der Waals surface area contributed by atoms with Crippen LogP contribution in [0.2, 0.25) is 0 Å². The maximum absolute atomic E-state index is 13.6. The molecule has 6 nitrogen and oxygen atoms in total. The molecule has 190 valence electrons. The van der Waals surface area contributed by atoms with Gasteiger partial charge in [0.2, 0.25) is 0 Å². The molecule has 2 aliphatic heterocycles. The number of para-hydroxylation sites is 2. The molecule has 0 aliphatic carbocycles. The van der Waals surface area contributed by atoms with Crippen LogP contribution in [0.3, 0.4) is 0 Å². The molecule has 2 aliphatic rings. The van der Waals surface area contributed by atoms with Crippen molar-refractivity contribution in [2.24, 2.45) is 0 Å². The summed E-state index contributed by atoms with van der Waals surface area (Å²) in [4.78, 5) is 30.8. The Hall–Kier alpha value is -4.42. The summed E-state index contributed by atoms with van der Waals surface area (Å²) >= 11 is 0. The molecule has 1 saturated heterocycles. The molecular weight excluding hydrogens is 474 g/mol. The van der Waals surface area contributed by atoms with Crippen LogP contribution >= 0.6 is 0 Å². The predicted octanol–water partition coefficient (Wildman–Crippen LogP) is 5.51. The van der Waals surface area contributed by atoms with Gasteiger partial charge < -0.3 is 20.2 Å². The molecule has 0 aromatic heterocycles. The molecule has 0 saturated carbocycles. The molecular formula is C32H29N3O3. The van der Waals surface area contributed by atoms with Crippen LogP contribution in [0.25, 0.3) is 11.1 Å². The molecule has 0 spiro atoms. The van der Waals surface area contributed by atoms with Crippen molar-refractivity contribution in [2.45, 2.75) is 25.5 Å². The van der Waals surface area contributed by atoms with Crippen molar-refractivity contribution in [1.29, 1.82) is 0 Å². The van der Waals surface area contributed by atoms with E-state index in [-0.39, 0.29) is 24.0 Å². The largest absolute Gasteiger partial charge is 0.391 e. The highest BCUT2D eigenvalue weighted by molar-refractivity contribution is 6.10. The van der Waals surface area contributed by atoms with Crippen LogP contribution in [0.1, 0.15) is 32.7 Å². The lowest BCUT2D eigenvalue weighted by molar-refractivity contribution is 0.0982. The second-order valence-corrected chi connectivity index (χ2v) is 10.0. The van der Waals surface area contributed by atoms with Gasteiger partial charge >= 0.3 is 0 Å². The van der Waals surface area contributed by atoms with Crippen molar-refractivity contribution in [3.63, 3.8) is 0 Å². The van der Waals surface area contributed by atoms with Gasteiger partial charge in [0, 0.05) is 35.9 Å².